The average Bonchev–Trinajstić information content (AvgIpc) is 3.11. The van der Waals surface area contributed by atoms with Crippen LogP contribution < -0.4 is 0 Å². The van der Waals surface area contributed by atoms with E-state index in [1.165, 1.54) is 0 Å². The Morgan fingerprint density at radius 3 is 2.62 bits per heavy atom. The highest BCUT2D eigenvalue weighted by Crippen LogP contribution is 2.29. The Morgan fingerprint density at radius 1 is 1.27 bits per heavy atom. The van der Waals surface area contributed by atoms with Crippen molar-refractivity contribution in [3.8, 4) is 5.69 Å². The van der Waals surface area contributed by atoms with Crippen LogP contribution in [0.4, 0.5) is 0 Å². The highest BCUT2D eigenvalue weighted by atomic mass is 16.5. The molecule has 6 heteroatoms. The number of imidazole rings is 1. The van der Waals surface area contributed by atoms with Crippen molar-refractivity contribution in [2.75, 3.05) is 13.2 Å². The van der Waals surface area contributed by atoms with Crippen LogP contribution in [-0.4, -0.2) is 35.0 Å². The molecule has 1 aromatic carbocycles. The number of nitrogens with zero attached hydrogens (tertiary/aromatic N) is 2. The van der Waals surface area contributed by atoms with Crippen LogP contribution in [0, 0.1) is 12.8 Å². The number of ether oxygens (including phenoxy) is 2. The summed E-state index contributed by atoms with van der Waals surface area (Å²) in [6.07, 6.45) is 4.40. The van der Waals surface area contributed by atoms with E-state index in [2.05, 4.69) is 4.98 Å². The van der Waals surface area contributed by atoms with E-state index in [0.717, 1.165) is 24.0 Å². The summed E-state index contributed by atoms with van der Waals surface area (Å²) >= 11 is 0. The number of benzene rings is 1. The van der Waals surface area contributed by atoms with Gasteiger partial charge in [0.15, 0.2) is 0 Å². The van der Waals surface area contributed by atoms with Gasteiger partial charge in [-0.1, -0.05) is 24.6 Å². The first-order chi connectivity index (χ1) is 12.6. The van der Waals surface area contributed by atoms with Gasteiger partial charge in [0, 0.05) is 24.7 Å². The number of aromatic nitrogens is 2. The van der Waals surface area contributed by atoms with Gasteiger partial charge in [-0.3, -0.25) is 4.79 Å². The van der Waals surface area contributed by atoms with Gasteiger partial charge in [-0.15, -0.1) is 0 Å². The minimum atomic E-state index is -0.660. The Morgan fingerprint density at radius 2 is 2.00 bits per heavy atom. The first kappa shape index (κ1) is 19.8. The van der Waals surface area contributed by atoms with Gasteiger partial charge in [-0.2, -0.15) is 0 Å². The van der Waals surface area contributed by atoms with E-state index in [0.29, 0.717) is 12.4 Å². The molecule has 26 heavy (non-hydrogen) atoms. The average molecular weight is 358 g/mol. The maximum absolute atomic E-state index is 11.9. The van der Waals surface area contributed by atoms with Crippen LogP contribution in [0.2, 0.25) is 0 Å². The molecule has 0 N–H and O–H groups in total. The zero-order valence-corrected chi connectivity index (χ0v) is 15.6. The lowest BCUT2D eigenvalue weighted by molar-refractivity contribution is -0.147. The van der Waals surface area contributed by atoms with E-state index < -0.39 is 18.0 Å². The Balaban J connectivity index is 2.34. The van der Waals surface area contributed by atoms with Gasteiger partial charge in [0.1, 0.15) is 18.2 Å². The molecule has 0 spiro atoms. The number of hydrogen-bond acceptors (Lipinski definition) is 5. The summed E-state index contributed by atoms with van der Waals surface area (Å²) in [6, 6.07) is 7.99. The van der Waals surface area contributed by atoms with Crippen molar-refractivity contribution in [3.63, 3.8) is 0 Å². The van der Waals surface area contributed by atoms with E-state index in [-0.39, 0.29) is 13.0 Å². The molecular formula is C20H26N2O4. The maximum Gasteiger partial charge on any atom is 0.306 e. The summed E-state index contributed by atoms with van der Waals surface area (Å²) in [5, 5.41) is 0. The van der Waals surface area contributed by atoms with Crippen LogP contribution in [0.3, 0.4) is 0 Å². The fourth-order valence-electron chi connectivity index (χ4n) is 2.72. The zero-order valence-electron chi connectivity index (χ0n) is 15.6. The number of aldehydes is 1. The van der Waals surface area contributed by atoms with Crippen molar-refractivity contribution >= 4 is 12.3 Å². The van der Waals surface area contributed by atoms with Crippen molar-refractivity contribution in [3.05, 3.63) is 48.0 Å². The van der Waals surface area contributed by atoms with Crippen molar-refractivity contribution in [2.45, 2.75) is 39.7 Å². The zero-order chi connectivity index (χ0) is 18.9. The van der Waals surface area contributed by atoms with E-state index in [1.54, 1.807) is 13.1 Å². The van der Waals surface area contributed by atoms with Crippen molar-refractivity contribution < 1.29 is 19.1 Å². The van der Waals surface area contributed by atoms with Gasteiger partial charge in [-0.05, 0) is 32.4 Å². The first-order valence-electron chi connectivity index (χ1n) is 8.93. The molecule has 0 saturated carbocycles. The van der Waals surface area contributed by atoms with Gasteiger partial charge >= 0.3 is 5.97 Å². The van der Waals surface area contributed by atoms with Gasteiger partial charge in [0.05, 0.1) is 18.9 Å². The molecule has 0 bridgehead atoms. The quantitative estimate of drug-likeness (QED) is 0.481. The molecule has 140 valence electrons. The summed E-state index contributed by atoms with van der Waals surface area (Å²) in [5.74, 6) is -0.473. The van der Waals surface area contributed by atoms with Crippen molar-refractivity contribution in [2.24, 2.45) is 5.92 Å². The second-order valence-corrected chi connectivity index (χ2v) is 6.09. The topological polar surface area (TPSA) is 70.4 Å². The van der Waals surface area contributed by atoms with Gasteiger partial charge in [-0.25, -0.2) is 4.98 Å². The van der Waals surface area contributed by atoms with Crippen LogP contribution in [0.15, 0.2) is 36.7 Å². The second-order valence-electron chi connectivity index (χ2n) is 6.09. The van der Waals surface area contributed by atoms with Gasteiger partial charge in [0.25, 0.3) is 0 Å². The van der Waals surface area contributed by atoms with Crippen LogP contribution >= 0.6 is 0 Å². The molecule has 2 rings (SSSR count). The molecule has 1 aromatic heterocycles. The Kier molecular flexibility index (Phi) is 7.53. The van der Waals surface area contributed by atoms with Crippen molar-refractivity contribution in [1.82, 2.24) is 9.55 Å². The number of carbonyl (C=O) groups excluding carboxylic acids is 2. The lowest BCUT2D eigenvalue weighted by Crippen LogP contribution is -2.25. The Labute approximate surface area is 154 Å². The van der Waals surface area contributed by atoms with E-state index >= 15 is 0 Å². The SMILES string of the molecule is CCCOC(c1nccn1-c1ccc(C)cc1)C(C=O)CC(=O)OCC. The van der Waals surface area contributed by atoms with Crippen molar-refractivity contribution in [1.29, 1.82) is 0 Å². The molecule has 0 fully saturated rings. The lowest BCUT2D eigenvalue weighted by atomic mass is 9.99. The third kappa shape index (κ3) is 5.02. The molecule has 0 radical (unpaired) electrons. The number of esters is 1. The molecule has 2 atom stereocenters. The number of carbonyl (C=O) groups is 2. The molecule has 2 unspecified atom stereocenters. The smallest absolute Gasteiger partial charge is 0.306 e. The Bertz CT molecular complexity index is 709. The van der Waals surface area contributed by atoms with Crippen LogP contribution in [0.5, 0.6) is 0 Å². The third-order valence-electron chi connectivity index (χ3n) is 4.01. The molecule has 1 heterocycles. The first-order valence-corrected chi connectivity index (χ1v) is 8.93. The van der Waals surface area contributed by atoms with E-state index in [4.69, 9.17) is 9.47 Å². The second kappa shape index (κ2) is 9.87. The number of rotatable bonds is 10. The lowest BCUT2D eigenvalue weighted by Gasteiger charge is -2.23. The van der Waals surface area contributed by atoms with Crippen LogP contribution in [-0.2, 0) is 19.1 Å². The molecule has 0 amide bonds. The van der Waals surface area contributed by atoms with Crippen LogP contribution in [0.1, 0.15) is 44.2 Å². The number of hydrogen-bond donors (Lipinski definition) is 0. The fraction of sp³-hybridized carbons (Fsp3) is 0.450. The maximum atomic E-state index is 11.9. The van der Waals surface area contributed by atoms with Gasteiger partial charge in [0.2, 0.25) is 0 Å². The molecule has 0 aliphatic carbocycles. The van der Waals surface area contributed by atoms with E-state index in [1.807, 2.05) is 48.9 Å². The number of aryl methyl sites for hydroxylation is 1. The highest BCUT2D eigenvalue weighted by molar-refractivity contribution is 5.74. The molecule has 6 nitrogen and oxygen atoms in total. The third-order valence-corrected chi connectivity index (χ3v) is 4.01. The molecule has 0 aliphatic rings. The Hall–Kier alpha value is -2.47. The standard InChI is InChI=1S/C20H26N2O4/c1-4-12-26-19(16(14-23)13-18(24)25-5-2)20-21-10-11-22(20)17-8-6-15(3)7-9-17/h6-11,14,16,19H,4-5,12-13H2,1-3H3. The summed E-state index contributed by atoms with van der Waals surface area (Å²) in [5.41, 5.74) is 2.08. The summed E-state index contributed by atoms with van der Waals surface area (Å²) in [6.45, 7) is 6.50. The minimum Gasteiger partial charge on any atom is -0.466 e. The fourth-order valence-corrected chi connectivity index (χ4v) is 2.72. The van der Waals surface area contributed by atoms with Gasteiger partial charge < -0.3 is 18.8 Å². The molecule has 0 aliphatic heterocycles. The summed E-state index contributed by atoms with van der Waals surface area (Å²) in [4.78, 5) is 28.0. The summed E-state index contributed by atoms with van der Waals surface area (Å²) in [7, 11) is 0. The molecule has 0 saturated heterocycles. The monoisotopic (exact) mass is 358 g/mol. The normalized spacial score (nSPS) is 13.2. The molecular weight excluding hydrogens is 332 g/mol. The predicted molar refractivity (Wildman–Crippen MR) is 98.1 cm³/mol. The summed E-state index contributed by atoms with van der Waals surface area (Å²) < 4.78 is 12.8. The van der Waals surface area contributed by atoms with Crippen LogP contribution in [0.25, 0.3) is 5.69 Å². The highest BCUT2D eigenvalue weighted by Gasteiger charge is 2.30. The van der Waals surface area contributed by atoms with E-state index in [9.17, 15) is 9.59 Å². The minimum absolute atomic E-state index is 0.0352. The largest absolute Gasteiger partial charge is 0.466 e. The predicted octanol–water partition coefficient (Wildman–Crippen LogP) is 3.42. The molecule has 2 aromatic rings.